The van der Waals surface area contributed by atoms with Gasteiger partial charge in [-0.05, 0) is 34.1 Å². The largest absolute Gasteiger partial charge is 0.504 e. The summed E-state index contributed by atoms with van der Waals surface area (Å²) >= 11 is 3.28. The molecule has 0 aliphatic rings. The number of methoxy groups -OCH3 is 1. The van der Waals surface area contributed by atoms with Crippen molar-refractivity contribution in [1.29, 1.82) is 0 Å². The van der Waals surface area contributed by atoms with E-state index in [0.29, 0.717) is 15.7 Å². The number of benzene rings is 1. The Balaban J connectivity index is 2.52. The summed E-state index contributed by atoms with van der Waals surface area (Å²) in [7, 11) is 1.43. The maximum Gasteiger partial charge on any atom is 0.353 e. The molecule has 1 aromatic heterocycles. The molecule has 94 valence electrons. The quantitative estimate of drug-likeness (QED) is 0.808. The van der Waals surface area contributed by atoms with Gasteiger partial charge in [0.1, 0.15) is 5.69 Å². The zero-order valence-corrected chi connectivity index (χ0v) is 10.9. The van der Waals surface area contributed by atoms with Crippen LogP contribution in [0.3, 0.4) is 0 Å². The number of rotatable bonds is 3. The number of aromatic hydroxyl groups is 1. The van der Waals surface area contributed by atoms with Gasteiger partial charge in [-0.3, -0.25) is 5.10 Å². The Kier molecular flexibility index (Phi) is 3.24. The number of phenolic OH excluding ortho intramolecular Hbond substituents is 1. The van der Waals surface area contributed by atoms with E-state index < -0.39 is 5.97 Å². The highest BCUT2D eigenvalue weighted by Crippen LogP contribution is 2.37. The molecule has 0 unspecified atom stereocenters. The van der Waals surface area contributed by atoms with E-state index in [0.717, 1.165) is 0 Å². The third-order valence-electron chi connectivity index (χ3n) is 2.35. The second kappa shape index (κ2) is 4.69. The molecule has 18 heavy (non-hydrogen) atoms. The number of aromatic nitrogens is 2. The first-order chi connectivity index (χ1) is 8.52. The average Bonchev–Trinajstić information content (AvgIpc) is 2.78. The molecule has 0 saturated heterocycles. The SMILES string of the molecule is COc1cc(-c2cc(C(=O)O)[nH]n2)c(Br)cc1O. The number of carboxylic acid groups (broad SMARTS) is 1. The van der Waals surface area contributed by atoms with Gasteiger partial charge < -0.3 is 14.9 Å². The molecule has 2 aromatic rings. The molecule has 0 fully saturated rings. The molecule has 7 heteroatoms. The molecule has 0 spiro atoms. The Bertz CT molecular complexity index is 609. The van der Waals surface area contributed by atoms with Gasteiger partial charge in [0.2, 0.25) is 0 Å². The first-order valence-electron chi connectivity index (χ1n) is 4.88. The van der Waals surface area contributed by atoms with E-state index in [-0.39, 0.29) is 17.2 Å². The molecule has 2 rings (SSSR count). The second-order valence-electron chi connectivity index (χ2n) is 3.48. The first-order valence-corrected chi connectivity index (χ1v) is 5.67. The maximum absolute atomic E-state index is 10.8. The minimum Gasteiger partial charge on any atom is -0.504 e. The summed E-state index contributed by atoms with van der Waals surface area (Å²) in [5.74, 6) is -0.814. The minimum absolute atomic E-state index is 0.0102. The van der Waals surface area contributed by atoms with Crippen molar-refractivity contribution in [3.8, 4) is 22.8 Å². The van der Waals surface area contributed by atoms with Crippen LogP contribution in [0.25, 0.3) is 11.3 Å². The minimum atomic E-state index is -1.09. The van der Waals surface area contributed by atoms with Gasteiger partial charge in [-0.25, -0.2) is 4.79 Å². The molecule has 0 amide bonds. The number of halogens is 1. The molecule has 0 atom stereocenters. The van der Waals surface area contributed by atoms with Crippen molar-refractivity contribution in [2.75, 3.05) is 7.11 Å². The number of phenols is 1. The van der Waals surface area contributed by atoms with E-state index in [2.05, 4.69) is 26.1 Å². The lowest BCUT2D eigenvalue weighted by molar-refractivity contribution is 0.0690. The van der Waals surface area contributed by atoms with Crippen LogP contribution >= 0.6 is 15.9 Å². The number of H-pyrrole nitrogens is 1. The van der Waals surface area contributed by atoms with E-state index in [4.69, 9.17) is 9.84 Å². The molecule has 0 saturated carbocycles. The Morgan fingerprint density at radius 1 is 1.44 bits per heavy atom. The van der Waals surface area contributed by atoms with Crippen LogP contribution < -0.4 is 4.74 Å². The van der Waals surface area contributed by atoms with Crippen LogP contribution in [0.15, 0.2) is 22.7 Å². The molecule has 0 aliphatic carbocycles. The topological polar surface area (TPSA) is 95.4 Å². The summed E-state index contributed by atoms with van der Waals surface area (Å²) in [4.78, 5) is 10.8. The smallest absolute Gasteiger partial charge is 0.353 e. The zero-order valence-electron chi connectivity index (χ0n) is 9.27. The van der Waals surface area contributed by atoms with Gasteiger partial charge in [-0.15, -0.1) is 0 Å². The van der Waals surface area contributed by atoms with Crippen LogP contribution in [0.1, 0.15) is 10.5 Å². The van der Waals surface area contributed by atoms with Crippen molar-refractivity contribution in [1.82, 2.24) is 10.2 Å². The van der Waals surface area contributed by atoms with Crippen molar-refractivity contribution in [2.24, 2.45) is 0 Å². The molecule has 0 bridgehead atoms. The number of carbonyl (C=O) groups is 1. The molecule has 1 heterocycles. The van der Waals surface area contributed by atoms with E-state index >= 15 is 0 Å². The number of nitrogens with zero attached hydrogens (tertiary/aromatic N) is 1. The third-order valence-corrected chi connectivity index (χ3v) is 3.01. The molecule has 0 radical (unpaired) electrons. The van der Waals surface area contributed by atoms with Crippen molar-refractivity contribution in [2.45, 2.75) is 0 Å². The number of hydrogen-bond donors (Lipinski definition) is 3. The van der Waals surface area contributed by atoms with Crippen LogP contribution in [0.4, 0.5) is 0 Å². The van der Waals surface area contributed by atoms with Crippen LogP contribution in [-0.4, -0.2) is 33.5 Å². The number of nitrogens with one attached hydrogen (secondary N) is 1. The van der Waals surface area contributed by atoms with E-state index in [1.807, 2.05) is 0 Å². The molecule has 0 aliphatic heterocycles. The highest BCUT2D eigenvalue weighted by molar-refractivity contribution is 9.10. The Labute approximate surface area is 110 Å². The number of aromatic amines is 1. The summed E-state index contributed by atoms with van der Waals surface area (Å²) in [6.07, 6.45) is 0. The normalized spacial score (nSPS) is 10.3. The Morgan fingerprint density at radius 3 is 2.72 bits per heavy atom. The highest BCUT2D eigenvalue weighted by atomic mass is 79.9. The van der Waals surface area contributed by atoms with Gasteiger partial charge in [0.05, 0.1) is 12.8 Å². The van der Waals surface area contributed by atoms with Crippen molar-refractivity contribution in [3.05, 3.63) is 28.4 Å². The van der Waals surface area contributed by atoms with E-state index in [9.17, 15) is 9.90 Å². The lowest BCUT2D eigenvalue weighted by atomic mass is 10.1. The van der Waals surface area contributed by atoms with Crippen LogP contribution in [0.2, 0.25) is 0 Å². The van der Waals surface area contributed by atoms with Crippen LogP contribution in [0.5, 0.6) is 11.5 Å². The molecule has 6 nitrogen and oxygen atoms in total. The second-order valence-corrected chi connectivity index (χ2v) is 4.33. The third kappa shape index (κ3) is 2.17. The summed E-state index contributed by atoms with van der Waals surface area (Å²) in [5.41, 5.74) is 1.05. The molecule has 3 N–H and O–H groups in total. The average molecular weight is 313 g/mol. The first kappa shape index (κ1) is 12.4. The monoisotopic (exact) mass is 312 g/mol. The molecular weight excluding hydrogens is 304 g/mol. The molecule has 1 aromatic carbocycles. The summed E-state index contributed by atoms with van der Waals surface area (Å²) in [6.45, 7) is 0. The van der Waals surface area contributed by atoms with Gasteiger partial charge in [0.15, 0.2) is 11.5 Å². The standard InChI is InChI=1S/C11H9BrN2O4/c1-18-10-2-5(6(12)3-9(10)15)7-4-8(11(16)17)14-13-7/h2-4,15H,1H3,(H,13,14)(H,16,17). The van der Waals surface area contributed by atoms with Crippen LogP contribution in [0, 0.1) is 0 Å². The van der Waals surface area contributed by atoms with Gasteiger partial charge in [-0.2, -0.15) is 5.10 Å². The number of hydrogen-bond acceptors (Lipinski definition) is 4. The fourth-order valence-corrected chi connectivity index (χ4v) is 2.01. The van der Waals surface area contributed by atoms with Gasteiger partial charge in [0.25, 0.3) is 0 Å². The van der Waals surface area contributed by atoms with Crippen molar-refractivity contribution >= 4 is 21.9 Å². The van der Waals surface area contributed by atoms with Gasteiger partial charge in [-0.1, -0.05) is 0 Å². The van der Waals surface area contributed by atoms with E-state index in [1.54, 1.807) is 6.07 Å². The number of aromatic carboxylic acids is 1. The lowest BCUT2D eigenvalue weighted by Gasteiger charge is -2.07. The zero-order chi connectivity index (χ0) is 13.3. The highest BCUT2D eigenvalue weighted by Gasteiger charge is 2.14. The van der Waals surface area contributed by atoms with Gasteiger partial charge >= 0.3 is 5.97 Å². The Hall–Kier alpha value is -2.02. The number of carboxylic acids is 1. The summed E-state index contributed by atoms with van der Waals surface area (Å²) < 4.78 is 5.58. The molecular formula is C11H9BrN2O4. The summed E-state index contributed by atoms with van der Waals surface area (Å²) in [5, 5.41) is 24.7. The van der Waals surface area contributed by atoms with Gasteiger partial charge in [0, 0.05) is 10.0 Å². The fourth-order valence-electron chi connectivity index (χ4n) is 1.47. The Morgan fingerprint density at radius 2 is 2.17 bits per heavy atom. The number of ether oxygens (including phenoxy) is 1. The predicted octanol–water partition coefficient (Wildman–Crippen LogP) is 2.25. The van der Waals surface area contributed by atoms with Crippen LogP contribution in [-0.2, 0) is 0 Å². The van der Waals surface area contributed by atoms with E-state index in [1.165, 1.54) is 19.2 Å². The maximum atomic E-state index is 10.8. The van der Waals surface area contributed by atoms with Crippen molar-refractivity contribution in [3.63, 3.8) is 0 Å². The predicted molar refractivity (Wildman–Crippen MR) is 66.9 cm³/mol. The summed E-state index contributed by atoms with van der Waals surface area (Å²) in [6, 6.07) is 4.43. The lowest BCUT2D eigenvalue weighted by Crippen LogP contribution is -1.95. The fraction of sp³-hybridized carbons (Fsp3) is 0.0909. The van der Waals surface area contributed by atoms with Crippen molar-refractivity contribution < 1.29 is 19.7 Å².